The van der Waals surface area contributed by atoms with Gasteiger partial charge in [-0.15, -0.1) is 0 Å². The zero-order chi connectivity index (χ0) is 14.8. The quantitative estimate of drug-likeness (QED) is 0.826. The summed E-state index contributed by atoms with van der Waals surface area (Å²) >= 11 is 0. The van der Waals surface area contributed by atoms with Gasteiger partial charge in [0.05, 0.1) is 0 Å². The van der Waals surface area contributed by atoms with Crippen LogP contribution in [0, 0.1) is 0 Å². The minimum absolute atomic E-state index is 0.183. The van der Waals surface area contributed by atoms with Crippen molar-refractivity contribution >= 4 is 5.97 Å². The Labute approximate surface area is 123 Å². The zero-order valence-electron chi connectivity index (χ0n) is 11.9. The maximum atomic E-state index is 11.6. The predicted octanol–water partition coefficient (Wildman–Crippen LogP) is 0.293. The SMILES string of the molecule is CN1CCN(NC(C(=O)O)c2ccc3c(c2)OCO3)CC1. The highest BCUT2D eigenvalue weighted by molar-refractivity contribution is 5.76. The molecule has 0 bridgehead atoms. The second-order valence-electron chi connectivity index (χ2n) is 5.30. The molecule has 0 amide bonds. The molecular weight excluding hydrogens is 274 g/mol. The number of nitrogens with one attached hydrogen (secondary N) is 1. The van der Waals surface area contributed by atoms with Crippen molar-refractivity contribution in [1.29, 1.82) is 0 Å². The van der Waals surface area contributed by atoms with Crippen molar-refractivity contribution in [2.75, 3.05) is 40.0 Å². The highest BCUT2D eigenvalue weighted by Gasteiger charge is 2.26. The monoisotopic (exact) mass is 293 g/mol. The summed E-state index contributed by atoms with van der Waals surface area (Å²) in [6, 6.07) is 4.45. The first-order valence-corrected chi connectivity index (χ1v) is 6.95. The van der Waals surface area contributed by atoms with E-state index < -0.39 is 12.0 Å². The highest BCUT2D eigenvalue weighted by Crippen LogP contribution is 2.34. The summed E-state index contributed by atoms with van der Waals surface area (Å²) in [5, 5.41) is 11.4. The molecule has 2 aliphatic rings. The number of aliphatic carboxylic acids is 1. The van der Waals surface area contributed by atoms with Crippen LogP contribution in [-0.2, 0) is 4.79 Å². The van der Waals surface area contributed by atoms with E-state index in [0.29, 0.717) is 17.1 Å². The Morgan fingerprint density at radius 1 is 1.24 bits per heavy atom. The smallest absolute Gasteiger partial charge is 0.326 e. The van der Waals surface area contributed by atoms with Gasteiger partial charge in [-0.3, -0.25) is 4.79 Å². The fraction of sp³-hybridized carbons (Fsp3) is 0.500. The van der Waals surface area contributed by atoms with Crippen molar-refractivity contribution in [1.82, 2.24) is 15.3 Å². The second-order valence-corrected chi connectivity index (χ2v) is 5.30. The fourth-order valence-electron chi connectivity index (χ4n) is 2.48. The van der Waals surface area contributed by atoms with Gasteiger partial charge in [0.1, 0.15) is 6.04 Å². The number of fused-ring (bicyclic) bond motifs is 1. The Kier molecular flexibility index (Phi) is 3.96. The van der Waals surface area contributed by atoms with Crippen LogP contribution >= 0.6 is 0 Å². The topological polar surface area (TPSA) is 74.3 Å². The summed E-state index contributed by atoms with van der Waals surface area (Å²) < 4.78 is 10.6. The third kappa shape index (κ3) is 3.10. The van der Waals surface area contributed by atoms with Gasteiger partial charge in [-0.1, -0.05) is 6.07 Å². The molecule has 3 rings (SSSR count). The van der Waals surface area contributed by atoms with Gasteiger partial charge in [-0.25, -0.2) is 10.4 Å². The van der Waals surface area contributed by atoms with Gasteiger partial charge in [0.15, 0.2) is 11.5 Å². The van der Waals surface area contributed by atoms with E-state index in [1.807, 2.05) is 5.01 Å². The van der Waals surface area contributed by atoms with E-state index >= 15 is 0 Å². The second kappa shape index (κ2) is 5.88. The molecule has 1 saturated heterocycles. The van der Waals surface area contributed by atoms with Crippen LogP contribution < -0.4 is 14.9 Å². The Morgan fingerprint density at radius 2 is 1.95 bits per heavy atom. The van der Waals surface area contributed by atoms with E-state index in [1.165, 1.54) is 0 Å². The molecule has 0 spiro atoms. The number of carbonyl (C=O) groups is 1. The van der Waals surface area contributed by atoms with Crippen LogP contribution in [0.4, 0.5) is 0 Å². The van der Waals surface area contributed by atoms with Gasteiger partial charge in [0.2, 0.25) is 6.79 Å². The van der Waals surface area contributed by atoms with E-state index in [-0.39, 0.29) is 6.79 Å². The van der Waals surface area contributed by atoms with Gasteiger partial charge in [-0.2, -0.15) is 0 Å². The number of carboxylic acid groups (broad SMARTS) is 1. The molecule has 1 fully saturated rings. The standard InChI is InChI=1S/C14H19N3O4/c1-16-4-6-17(7-5-16)15-13(14(18)19)10-2-3-11-12(8-10)21-9-20-11/h2-3,8,13,15H,4-7,9H2,1H3,(H,18,19). The van der Waals surface area contributed by atoms with Crippen molar-refractivity contribution in [3.05, 3.63) is 23.8 Å². The zero-order valence-corrected chi connectivity index (χ0v) is 11.9. The Morgan fingerprint density at radius 3 is 2.67 bits per heavy atom. The molecule has 0 saturated carbocycles. The van der Waals surface area contributed by atoms with Crippen LogP contribution in [0.15, 0.2) is 18.2 Å². The molecule has 2 aliphatic heterocycles. The van der Waals surface area contributed by atoms with Gasteiger partial charge in [-0.05, 0) is 24.7 Å². The Balaban J connectivity index is 1.74. The molecular formula is C14H19N3O4. The summed E-state index contributed by atoms with van der Waals surface area (Å²) in [5.41, 5.74) is 3.75. The lowest BCUT2D eigenvalue weighted by molar-refractivity contribution is -0.141. The summed E-state index contributed by atoms with van der Waals surface area (Å²) in [4.78, 5) is 13.8. The first-order chi connectivity index (χ1) is 10.1. The van der Waals surface area contributed by atoms with Crippen LogP contribution in [0.2, 0.25) is 0 Å². The van der Waals surface area contributed by atoms with Crippen molar-refractivity contribution < 1.29 is 19.4 Å². The maximum Gasteiger partial charge on any atom is 0.326 e. The number of nitrogens with zero attached hydrogens (tertiary/aromatic N) is 2. The van der Waals surface area contributed by atoms with E-state index in [0.717, 1.165) is 26.2 Å². The van der Waals surface area contributed by atoms with E-state index in [4.69, 9.17) is 9.47 Å². The minimum Gasteiger partial charge on any atom is -0.480 e. The normalized spacial score (nSPS) is 20.4. The van der Waals surface area contributed by atoms with Crippen LogP contribution in [0.1, 0.15) is 11.6 Å². The predicted molar refractivity (Wildman–Crippen MR) is 75.1 cm³/mol. The lowest BCUT2D eigenvalue weighted by Crippen LogP contribution is -2.52. The highest BCUT2D eigenvalue weighted by atomic mass is 16.7. The molecule has 7 heteroatoms. The molecule has 1 aromatic rings. The molecule has 0 aromatic heterocycles. The average molecular weight is 293 g/mol. The van der Waals surface area contributed by atoms with Gasteiger partial charge in [0.25, 0.3) is 0 Å². The first kappa shape index (κ1) is 14.1. The number of rotatable bonds is 4. The third-order valence-corrected chi connectivity index (χ3v) is 3.79. The molecule has 2 heterocycles. The summed E-state index contributed by atoms with van der Waals surface area (Å²) in [7, 11) is 2.06. The summed E-state index contributed by atoms with van der Waals surface area (Å²) in [6.07, 6.45) is 0. The lowest BCUT2D eigenvalue weighted by Gasteiger charge is -2.34. The number of hydrogen-bond acceptors (Lipinski definition) is 6. The number of hydrogen-bond donors (Lipinski definition) is 2. The average Bonchev–Trinajstić information content (AvgIpc) is 2.93. The number of likely N-dealkylation sites (N-methyl/N-ethyl adjacent to an activating group) is 1. The molecule has 0 radical (unpaired) electrons. The molecule has 114 valence electrons. The van der Waals surface area contributed by atoms with Crippen molar-refractivity contribution in [3.8, 4) is 11.5 Å². The third-order valence-electron chi connectivity index (χ3n) is 3.79. The molecule has 7 nitrogen and oxygen atoms in total. The Hall–Kier alpha value is -1.83. The van der Waals surface area contributed by atoms with Gasteiger partial charge in [0, 0.05) is 26.2 Å². The van der Waals surface area contributed by atoms with Crippen LogP contribution in [0.5, 0.6) is 11.5 Å². The number of carboxylic acids is 1. The van der Waals surface area contributed by atoms with Crippen LogP contribution in [0.25, 0.3) is 0 Å². The van der Waals surface area contributed by atoms with Gasteiger partial charge >= 0.3 is 5.97 Å². The van der Waals surface area contributed by atoms with E-state index in [2.05, 4.69) is 17.4 Å². The van der Waals surface area contributed by atoms with Crippen LogP contribution in [-0.4, -0.2) is 61.0 Å². The van der Waals surface area contributed by atoms with Gasteiger partial charge < -0.3 is 19.5 Å². The largest absolute Gasteiger partial charge is 0.480 e. The lowest BCUT2D eigenvalue weighted by atomic mass is 10.1. The number of benzene rings is 1. The molecule has 1 aromatic carbocycles. The van der Waals surface area contributed by atoms with E-state index in [1.54, 1.807) is 18.2 Å². The molecule has 21 heavy (non-hydrogen) atoms. The number of piperazine rings is 1. The molecule has 0 aliphatic carbocycles. The first-order valence-electron chi connectivity index (χ1n) is 6.95. The maximum absolute atomic E-state index is 11.6. The van der Waals surface area contributed by atoms with Crippen molar-refractivity contribution in [2.24, 2.45) is 0 Å². The molecule has 1 atom stereocenters. The fourth-order valence-corrected chi connectivity index (χ4v) is 2.48. The van der Waals surface area contributed by atoms with Crippen molar-refractivity contribution in [2.45, 2.75) is 6.04 Å². The van der Waals surface area contributed by atoms with Crippen molar-refractivity contribution in [3.63, 3.8) is 0 Å². The summed E-state index contributed by atoms with van der Waals surface area (Å²) in [5.74, 6) is 0.342. The number of ether oxygens (including phenoxy) is 2. The van der Waals surface area contributed by atoms with Crippen LogP contribution in [0.3, 0.4) is 0 Å². The summed E-state index contributed by atoms with van der Waals surface area (Å²) in [6.45, 7) is 3.61. The molecule has 1 unspecified atom stereocenters. The van der Waals surface area contributed by atoms with E-state index in [9.17, 15) is 9.90 Å². The Bertz CT molecular complexity index is 529. The molecule has 2 N–H and O–H groups in total. The number of hydrazine groups is 1. The minimum atomic E-state index is -0.909.